The molecule has 7 nitrogen and oxygen atoms in total. The van der Waals surface area contributed by atoms with E-state index in [-0.39, 0.29) is 12.1 Å². The van der Waals surface area contributed by atoms with E-state index in [1.807, 2.05) is 6.07 Å². The Morgan fingerprint density at radius 3 is 2.96 bits per heavy atom. The number of hydrazone groups is 1. The molecule has 134 valence electrons. The molecule has 0 bridgehead atoms. The van der Waals surface area contributed by atoms with Crippen LogP contribution in [-0.2, 0) is 24.2 Å². The highest BCUT2D eigenvalue weighted by molar-refractivity contribution is 7.18. The molecule has 4 rings (SSSR count). The third-order valence-corrected chi connectivity index (χ3v) is 5.65. The Labute approximate surface area is 158 Å². The van der Waals surface area contributed by atoms with Crippen molar-refractivity contribution in [2.24, 2.45) is 5.10 Å². The van der Waals surface area contributed by atoms with Crippen LogP contribution in [0.2, 0.25) is 0 Å². The third kappa shape index (κ3) is 3.37. The van der Waals surface area contributed by atoms with Gasteiger partial charge in [-0.05, 0) is 42.5 Å². The van der Waals surface area contributed by atoms with Gasteiger partial charge in [0, 0.05) is 4.88 Å². The summed E-state index contributed by atoms with van der Waals surface area (Å²) in [5, 5.41) is 13.3. The van der Waals surface area contributed by atoms with Crippen LogP contribution in [0.4, 0.5) is 0 Å². The van der Waals surface area contributed by atoms with Gasteiger partial charge in [-0.2, -0.15) is 10.4 Å². The summed E-state index contributed by atoms with van der Waals surface area (Å²) < 4.78 is 1.32. The van der Waals surface area contributed by atoms with Crippen molar-refractivity contribution in [3.63, 3.8) is 0 Å². The number of hydrogen-bond donors (Lipinski definition) is 1. The first kappa shape index (κ1) is 17.1. The van der Waals surface area contributed by atoms with Crippen molar-refractivity contribution in [3.8, 4) is 6.07 Å². The number of nitrogens with one attached hydrogen (secondary N) is 1. The fraction of sp³-hybridized carbons (Fsp3) is 0.211. The van der Waals surface area contributed by atoms with E-state index in [0.29, 0.717) is 10.9 Å². The number of carbonyl (C=O) groups excluding carboxylic acids is 1. The predicted octanol–water partition coefficient (Wildman–Crippen LogP) is 1.97. The summed E-state index contributed by atoms with van der Waals surface area (Å²) in [6.07, 6.45) is 5.86. The van der Waals surface area contributed by atoms with Crippen LogP contribution >= 0.6 is 11.3 Å². The topological polar surface area (TPSA) is 100 Å². The van der Waals surface area contributed by atoms with Crippen LogP contribution in [0.1, 0.15) is 28.0 Å². The Bertz CT molecular complexity index is 1150. The summed E-state index contributed by atoms with van der Waals surface area (Å²) >= 11 is 1.57. The lowest BCUT2D eigenvalue weighted by molar-refractivity contribution is -0.121. The number of fused-ring (bicyclic) bond motifs is 3. The van der Waals surface area contributed by atoms with Gasteiger partial charge in [0.25, 0.3) is 11.5 Å². The minimum absolute atomic E-state index is 0.142. The van der Waals surface area contributed by atoms with Crippen LogP contribution in [0, 0.1) is 11.3 Å². The van der Waals surface area contributed by atoms with Crippen molar-refractivity contribution in [1.29, 1.82) is 5.26 Å². The SMILES string of the molecule is N#Cc1ccc(/C=N/NC(=O)Cn2cnc3sc4c(c3c2=O)CCC4)cc1. The molecule has 0 fully saturated rings. The number of hydrogen-bond acceptors (Lipinski definition) is 6. The number of nitrogens with zero attached hydrogens (tertiary/aromatic N) is 4. The van der Waals surface area contributed by atoms with Gasteiger partial charge in [0.05, 0.1) is 29.6 Å². The molecule has 0 aliphatic heterocycles. The molecule has 1 N–H and O–H groups in total. The maximum absolute atomic E-state index is 12.7. The van der Waals surface area contributed by atoms with E-state index in [0.717, 1.165) is 35.2 Å². The van der Waals surface area contributed by atoms with Crippen LogP contribution in [0.25, 0.3) is 10.2 Å². The van der Waals surface area contributed by atoms with E-state index in [4.69, 9.17) is 5.26 Å². The van der Waals surface area contributed by atoms with Crippen LogP contribution < -0.4 is 11.0 Å². The molecule has 0 saturated heterocycles. The molecule has 0 unspecified atom stereocenters. The number of carbonyl (C=O) groups is 1. The van der Waals surface area contributed by atoms with E-state index in [9.17, 15) is 9.59 Å². The minimum Gasteiger partial charge on any atom is -0.289 e. The number of aryl methyl sites for hydroxylation is 2. The number of amides is 1. The van der Waals surface area contributed by atoms with Crippen molar-refractivity contribution >= 4 is 33.7 Å². The Balaban J connectivity index is 1.46. The number of benzene rings is 1. The quantitative estimate of drug-likeness (QED) is 0.555. The molecule has 0 radical (unpaired) electrons. The Morgan fingerprint density at radius 2 is 2.19 bits per heavy atom. The second-order valence-electron chi connectivity index (χ2n) is 6.24. The Hall–Kier alpha value is -3.31. The summed E-state index contributed by atoms with van der Waals surface area (Å²) in [4.78, 5) is 31.2. The summed E-state index contributed by atoms with van der Waals surface area (Å²) in [6, 6.07) is 8.83. The molecule has 1 aliphatic rings. The van der Waals surface area contributed by atoms with Gasteiger partial charge < -0.3 is 0 Å². The largest absolute Gasteiger partial charge is 0.289 e. The van der Waals surface area contributed by atoms with Gasteiger partial charge in [-0.1, -0.05) is 12.1 Å². The number of aromatic nitrogens is 2. The van der Waals surface area contributed by atoms with E-state index in [2.05, 4.69) is 15.5 Å². The van der Waals surface area contributed by atoms with Gasteiger partial charge in [-0.25, -0.2) is 10.4 Å². The Kier molecular flexibility index (Phi) is 4.52. The van der Waals surface area contributed by atoms with E-state index >= 15 is 0 Å². The zero-order valence-electron chi connectivity index (χ0n) is 14.3. The highest BCUT2D eigenvalue weighted by atomic mass is 32.1. The Morgan fingerprint density at radius 1 is 1.37 bits per heavy atom. The lowest BCUT2D eigenvalue weighted by Gasteiger charge is -2.04. The molecule has 2 heterocycles. The lowest BCUT2D eigenvalue weighted by Crippen LogP contribution is -2.30. The van der Waals surface area contributed by atoms with Crippen LogP contribution in [-0.4, -0.2) is 21.7 Å². The van der Waals surface area contributed by atoms with Crippen molar-refractivity contribution in [2.45, 2.75) is 25.8 Å². The van der Waals surface area contributed by atoms with Crippen molar-refractivity contribution in [1.82, 2.24) is 15.0 Å². The summed E-state index contributed by atoms with van der Waals surface area (Å²) in [5.41, 5.74) is 4.64. The first-order chi connectivity index (χ1) is 13.2. The maximum Gasteiger partial charge on any atom is 0.262 e. The molecule has 27 heavy (non-hydrogen) atoms. The molecule has 0 atom stereocenters. The van der Waals surface area contributed by atoms with Crippen molar-refractivity contribution in [2.75, 3.05) is 0 Å². The second-order valence-corrected chi connectivity index (χ2v) is 7.33. The number of thiophene rings is 1. The first-order valence-electron chi connectivity index (χ1n) is 8.47. The van der Waals surface area contributed by atoms with Gasteiger partial charge in [0.1, 0.15) is 11.4 Å². The third-order valence-electron chi connectivity index (χ3n) is 4.45. The monoisotopic (exact) mass is 377 g/mol. The van der Waals surface area contributed by atoms with Crippen LogP contribution in [0.15, 0.2) is 40.5 Å². The molecular weight excluding hydrogens is 362 g/mol. The molecule has 0 saturated carbocycles. The zero-order valence-corrected chi connectivity index (χ0v) is 15.1. The minimum atomic E-state index is -0.407. The standard InChI is InChI=1S/C19H15N5O2S/c20-8-12-4-6-13(7-5-12)9-22-23-16(25)10-24-11-21-18-17(19(24)26)14-2-1-3-15(14)27-18/h4-7,9,11H,1-3,10H2,(H,23,25)/b22-9+. The smallest absolute Gasteiger partial charge is 0.262 e. The van der Waals surface area contributed by atoms with Gasteiger partial charge in [-0.15, -0.1) is 11.3 Å². The number of nitriles is 1. The molecule has 1 aromatic carbocycles. The fourth-order valence-corrected chi connectivity index (χ4v) is 4.36. The van der Waals surface area contributed by atoms with E-state index in [1.165, 1.54) is 22.0 Å². The summed E-state index contributed by atoms with van der Waals surface area (Å²) in [5.74, 6) is -0.407. The van der Waals surface area contributed by atoms with Gasteiger partial charge in [0.2, 0.25) is 0 Å². The van der Waals surface area contributed by atoms with Gasteiger partial charge >= 0.3 is 0 Å². The van der Waals surface area contributed by atoms with Crippen LogP contribution in [0.5, 0.6) is 0 Å². The van der Waals surface area contributed by atoms with Crippen LogP contribution in [0.3, 0.4) is 0 Å². The molecule has 8 heteroatoms. The van der Waals surface area contributed by atoms with E-state index in [1.54, 1.807) is 35.6 Å². The van der Waals surface area contributed by atoms with Gasteiger partial charge in [0.15, 0.2) is 0 Å². The molecular formula is C19H15N5O2S. The second kappa shape index (κ2) is 7.13. The van der Waals surface area contributed by atoms with E-state index < -0.39 is 5.91 Å². The molecule has 1 amide bonds. The summed E-state index contributed by atoms with van der Waals surface area (Å²) in [6.45, 7) is -0.142. The zero-order chi connectivity index (χ0) is 18.8. The van der Waals surface area contributed by atoms with Gasteiger partial charge in [-0.3, -0.25) is 14.2 Å². The van der Waals surface area contributed by atoms with Crippen molar-refractivity contribution in [3.05, 3.63) is 62.5 Å². The lowest BCUT2D eigenvalue weighted by atomic mass is 10.2. The molecule has 1 aliphatic carbocycles. The molecule has 0 spiro atoms. The predicted molar refractivity (Wildman–Crippen MR) is 103 cm³/mol. The van der Waals surface area contributed by atoms with Crippen molar-refractivity contribution < 1.29 is 4.79 Å². The average Bonchev–Trinajstić information content (AvgIpc) is 3.26. The highest BCUT2D eigenvalue weighted by Crippen LogP contribution is 2.34. The molecule has 2 aromatic heterocycles. The fourth-order valence-electron chi connectivity index (χ4n) is 3.14. The molecule has 3 aromatic rings. The highest BCUT2D eigenvalue weighted by Gasteiger charge is 2.21. The summed E-state index contributed by atoms with van der Waals surface area (Å²) in [7, 11) is 0. The first-order valence-corrected chi connectivity index (χ1v) is 9.29. The number of rotatable bonds is 4. The average molecular weight is 377 g/mol. The maximum atomic E-state index is 12.7. The normalized spacial score (nSPS) is 13.0.